The molecule has 1 aromatic rings. The fourth-order valence-corrected chi connectivity index (χ4v) is 2.64. The van der Waals surface area contributed by atoms with Crippen LogP contribution in [0.1, 0.15) is 23.2 Å². The summed E-state index contributed by atoms with van der Waals surface area (Å²) in [5, 5.41) is 18.5. The molecule has 2 rings (SSSR count). The van der Waals surface area contributed by atoms with Gasteiger partial charge in [-0.05, 0) is 30.5 Å². The second-order valence-electron chi connectivity index (χ2n) is 4.67. The Balaban J connectivity index is 2.09. The maximum atomic E-state index is 12.2. The van der Waals surface area contributed by atoms with E-state index in [1.54, 1.807) is 17.0 Å². The van der Waals surface area contributed by atoms with Crippen LogP contribution in [-0.2, 0) is 4.79 Å². The molecular formula is C13H14BrNO4. The summed E-state index contributed by atoms with van der Waals surface area (Å²) in [4.78, 5) is 24.5. The van der Waals surface area contributed by atoms with Gasteiger partial charge in [0.25, 0.3) is 5.91 Å². The Kier molecular flexibility index (Phi) is 4.09. The molecule has 0 saturated carbocycles. The van der Waals surface area contributed by atoms with Crippen LogP contribution >= 0.6 is 15.9 Å². The Labute approximate surface area is 119 Å². The molecule has 0 aromatic heterocycles. The van der Waals surface area contributed by atoms with Crippen LogP contribution in [0.2, 0.25) is 0 Å². The third-order valence-electron chi connectivity index (χ3n) is 3.23. The Morgan fingerprint density at radius 3 is 2.84 bits per heavy atom. The number of aromatic hydroxyl groups is 1. The second kappa shape index (κ2) is 5.61. The molecular weight excluding hydrogens is 314 g/mol. The Hall–Kier alpha value is -1.56. The molecule has 1 aromatic carbocycles. The van der Waals surface area contributed by atoms with Gasteiger partial charge in [0.15, 0.2) is 0 Å². The van der Waals surface area contributed by atoms with Crippen molar-refractivity contribution >= 4 is 27.8 Å². The molecule has 0 radical (unpaired) electrons. The lowest BCUT2D eigenvalue weighted by Crippen LogP contribution is -2.29. The highest BCUT2D eigenvalue weighted by atomic mass is 79.9. The highest BCUT2D eigenvalue weighted by molar-refractivity contribution is 9.10. The van der Waals surface area contributed by atoms with E-state index in [-0.39, 0.29) is 29.6 Å². The summed E-state index contributed by atoms with van der Waals surface area (Å²) in [5.74, 6) is -1.16. The number of phenolic OH excluding ortho intramolecular Hbond substituents is 1. The number of carbonyl (C=O) groups is 2. The number of carbonyl (C=O) groups excluding carboxylic acids is 1. The third-order valence-corrected chi connectivity index (χ3v) is 3.72. The smallest absolute Gasteiger partial charge is 0.303 e. The first-order chi connectivity index (χ1) is 8.97. The highest BCUT2D eigenvalue weighted by Gasteiger charge is 2.29. The maximum absolute atomic E-state index is 12.2. The fraction of sp³-hybridized carbons (Fsp3) is 0.385. The van der Waals surface area contributed by atoms with Crippen molar-refractivity contribution in [1.29, 1.82) is 0 Å². The van der Waals surface area contributed by atoms with E-state index < -0.39 is 5.97 Å². The average Bonchev–Trinajstić information content (AvgIpc) is 2.79. The zero-order chi connectivity index (χ0) is 14.0. The van der Waals surface area contributed by atoms with Crippen molar-refractivity contribution in [1.82, 2.24) is 4.90 Å². The fourth-order valence-electron chi connectivity index (χ4n) is 2.28. The minimum atomic E-state index is -0.843. The zero-order valence-electron chi connectivity index (χ0n) is 10.2. The van der Waals surface area contributed by atoms with Crippen molar-refractivity contribution in [2.24, 2.45) is 5.92 Å². The summed E-state index contributed by atoms with van der Waals surface area (Å²) in [6.07, 6.45) is 0.765. The molecule has 19 heavy (non-hydrogen) atoms. The third kappa shape index (κ3) is 3.26. The van der Waals surface area contributed by atoms with Gasteiger partial charge in [-0.1, -0.05) is 15.9 Å². The number of nitrogens with zero attached hydrogens (tertiary/aromatic N) is 1. The van der Waals surface area contributed by atoms with Gasteiger partial charge in [-0.15, -0.1) is 0 Å². The van der Waals surface area contributed by atoms with E-state index in [0.29, 0.717) is 19.5 Å². The molecule has 1 saturated heterocycles. The Bertz CT molecular complexity index is 517. The predicted molar refractivity (Wildman–Crippen MR) is 72.1 cm³/mol. The van der Waals surface area contributed by atoms with E-state index in [1.165, 1.54) is 6.07 Å². The maximum Gasteiger partial charge on any atom is 0.303 e. The molecule has 1 aliphatic heterocycles. The van der Waals surface area contributed by atoms with Crippen LogP contribution in [0.15, 0.2) is 22.7 Å². The molecule has 102 valence electrons. The number of aliphatic carboxylic acids is 1. The molecule has 6 heteroatoms. The standard InChI is InChI=1S/C13H14BrNO4/c14-9-1-2-11(16)10(6-9)13(19)15-4-3-8(7-15)5-12(17)18/h1-2,6,8,16H,3-5,7H2,(H,17,18). The molecule has 0 aliphatic carbocycles. The van der Waals surface area contributed by atoms with Gasteiger partial charge in [0.05, 0.1) is 5.56 Å². The van der Waals surface area contributed by atoms with Gasteiger partial charge in [0.1, 0.15) is 5.75 Å². The first kappa shape index (κ1) is 13.9. The van der Waals surface area contributed by atoms with Crippen molar-refractivity contribution in [2.75, 3.05) is 13.1 Å². The number of halogens is 1. The molecule has 1 unspecified atom stereocenters. The van der Waals surface area contributed by atoms with Crippen LogP contribution in [0, 0.1) is 5.92 Å². The van der Waals surface area contributed by atoms with Crippen LogP contribution < -0.4 is 0 Å². The lowest BCUT2D eigenvalue weighted by Gasteiger charge is -2.17. The van der Waals surface area contributed by atoms with Crippen LogP contribution in [0.5, 0.6) is 5.75 Å². The average molecular weight is 328 g/mol. The van der Waals surface area contributed by atoms with E-state index in [2.05, 4.69) is 15.9 Å². The number of rotatable bonds is 3. The molecule has 5 nitrogen and oxygen atoms in total. The summed E-state index contributed by atoms with van der Waals surface area (Å²) >= 11 is 3.26. The van der Waals surface area contributed by atoms with Crippen molar-refractivity contribution < 1.29 is 19.8 Å². The van der Waals surface area contributed by atoms with Crippen LogP contribution in [0.25, 0.3) is 0 Å². The number of carboxylic acid groups (broad SMARTS) is 1. The Morgan fingerprint density at radius 2 is 2.16 bits per heavy atom. The van der Waals surface area contributed by atoms with E-state index in [4.69, 9.17) is 5.11 Å². The predicted octanol–water partition coefficient (Wildman–Crippen LogP) is 2.09. The van der Waals surface area contributed by atoms with Gasteiger partial charge in [-0.25, -0.2) is 0 Å². The lowest BCUT2D eigenvalue weighted by atomic mass is 10.1. The quantitative estimate of drug-likeness (QED) is 0.891. The molecule has 1 amide bonds. The summed E-state index contributed by atoms with van der Waals surface area (Å²) in [5.41, 5.74) is 0.241. The largest absolute Gasteiger partial charge is 0.507 e. The summed E-state index contributed by atoms with van der Waals surface area (Å²) in [6, 6.07) is 4.69. The minimum absolute atomic E-state index is 0.00394. The first-order valence-electron chi connectivity index (χ1n) is 5.97. The van der Waals surface area contributed by atoms with Gasteiger partial charge in [-0.2, -0.15) is 0 Å². The molecule has 0 bridgehead atoms. The second-order valence-corrected chi connectivity index (χ2v) is 5.58. The van der Waals surface area contributed by atoms with Crippen LogP contribution in [0.3, 0.4) is 0 Å². The SMILES string of the molecule is O=C(O)CC1CCN(C(=O)c2cc(Br)ccc2O)C1. The van der Waals surface area contributed by atoms with Gasteiger partial charge in [-0.3, -0.25) is 9.59 Å². The van der Waals surface area contributed by atoms with E-state index in [1.807, 2.05) is 0 Å². The van der Waals surface area contributed by atoms with Crippen molar-refractivity contribution in [3.8, 4) is 5.75 Å². The van der Waals surface area contributed by atoms with E-state index in [9.17, 15) is 14.7 Å². The van der Waals surface area contributed by atoms with Crippen molar-refractivity contribution in [3.63, 3.8) is 0 Å². The van der Waals surface area contributed by atoms with E-state index >= 15 is 0 Å². The van der Waals surface area contributed by atoms with Gasteiger partial charge in [0.2, 0.25) is 0 Å². The summed E-state index contributed by atoms with van der Waals surface area (Å²) in [6.45, 7) is 0.958. The minimum Gasteiger partial charge on any atom is -0.507 e. The molecule has 1 heterocycles. The lowest BCUT2D eigenvalue weighted by molar-refractivity contribution is -0.138. The van der Waals surface area contributed by atoms with Crippen molar-refractivity contribution in [3.05, 3.63) is 28.2 Å². The highest BCUT2D eigenvalue weighted by Crippen LogP contribution is 2.27. The van der Waals surface area contributed by atoms with E-state index in [0.717, 1.165) is 4.47 Å². The number of phenols is 1. The molecule has 1 fully saturated rings. The number of hydrogen-bond donors (Lipinski definition) is 2. The first-order valence-corrected chi connectivity index (χ1v) is 6.76. The molecule has 1 aliphatic rings. The zero-order valence-corrected chi connectivity index (χ0v) is 11.8. The normalized spacial score (nSPS) is 18.6. The molecule has 1 atom stereocenters. The van der Waals surface area contributed by atoms with Gasteiger partial charge >= 0.3 is 5.97 Å². The molecule has 0 spiro atoms. The monoisotopic (exact) mass is 327 g/mol. The van der Waals surface area contributed by atoms with Gasteiger partial charge in [0, 0.05) is 24.0 Å². The van der Waals surface area contributed by atoms with Gasteiger partial charge < -0.3 is 15.1 Å². The number of benzene rings is 1. The number of likely N-dealkylation sites (tertiary alicyclic amines) is 1. The number of carboxylic acids is 1. The van der Waals surface area contributed by atoms with Crippen molar-refractivity contribution in [2.45, 2.75) is 12.8 Å². The topological polar surface area (TPSA) is 77.8 Å². The Morgan fingerprint density at radius 1 is 1.42 bits per heavy atom. The number of hydrogen-bond acceptors (Lipinski definition) is 3. The van der Waals surface area contributed by atoms with Crippen LogP contribution in [-0.4, -0.2) is 40.1 Å². The van der Waals surface area contributed by atoms with Crippen LogP contribution in [0.4, 0.5) is 0 Å². The molecule has 2 N–H and O–H groups in total. The summed E-state index contributed by atoms with van der Waals surface area (Å²) in [7, 11) is 0. The summed E-state index contributed by atoms with van der Waals surface area (Å²) < 4.78 is 0.718. The number of amides is 1.